The number of piperazine rings is 1. The van der Waals surface area contributed by atoms with Crippen LogP contribution < -0.4 is 10.2 Å². The highest BCUT2D eigenvalue weighted by Gasteiger charge is 2.17. The Labute approximate surface area is 134 Å². The maximum absolute atomic E-state index is 4.88. The average Bonchev–Trinajstić information content (AvgIpc) is 3.06. The molecule has 0 bridgehead atoms. The van der Waals surface area contributed by atoms with Crippen molar-refractivity contribution in [3.05, 3.63) is 42.6 Å². The van der Waals surface area contributed by atoms with Crippen molar-refractivity contribution in [1.29, 1.82) is 0 Å². The maximum Gasteiger partial charge on any atom is 0.155 e. The summed E-state index contributed by atoms with van der Waals surface area (Å²) in [4.78, 5) is 11.5. The third kappa shape index (κ3) is 2.47. The summed E-state index contributed by atoms with van der Waals surface area (Å²) in [5.41, 5.74) is 3.41. The molecule has 0 radical (unpaired) electrons. The lowest BCUT2D eigenvalue weighted by molar-refractivity contribution is 0.585. The van der Waals surface area contributed by atoms with E-state index in [1.54, 1.807) is 6.20 Å². The highest BCUT2D eigenvalue weighted by molar-refractivity contribution is 5.92. The van der Waals surface area contributed by atoms with Gasteiger partial charge in [0.1, 0.15) is 17.2 Å². The van der Waals surface area contributed by atoms with Crippen molar-refractivity contribution in [2.45, 2.75) is 0 Å². The van der Waals surface area contributed by atoms with Gasteiger partial charge in [-0.15, -0.1) is 0 Å². The van der Waals surface area contributed by atoms with Gasteiger partial charge in [0.2, 0.25) is 0 Å². The van der Waals surface area contributed by atoms with Crippen LogP contribution in [0.5, 0.6) is 0 Å². The lowest BCUT2D eigenvalue weighted by atomic mass is 10.1. The van der Waals surface area contributed by atoms with Gasteiger partial charge in [0.25, 0.3) is 0 Å². The molecule has 6 nitrogen and oxygen atoms in total. The van der Waals surface area contributed by atoms with Crippen LogP contribution >= 0.6 is 0 Å². The topological polar surface area (TPSA) is 69.7 Å². The van der Waals surface area contributed by atoms with Crippen LogP contribution in [0.1, 0.15) is 5.56 Å². The number of aromatic nitrogens is 4. The number of nitrogens with zero attached hydrogens (tertiary/aromatic N) is 4. The molecule has 0 unspecified atom stereocenters. The average molecular weight is 306 g/mol. The lowest BCUT2D eigenvalue weighted by Crippen LogP contribution is -2.43. The minimum Gasteiger partial charge on any atom is -0.354 e. The van der Waals surface area contributed by atoms with Gasteiger partial charge in [-0.1, -0.05) is 12.7 Å². The molecule has 0 aromatic carbocycles. The number of anilines is 1. The number of nitrogens with one attached hydrogen (secondary N) is 2. The summed E-state index contributed by atoms with van der Waals surface area (Å²) in [5.74, 6) is 0.979. The Morgan fingerprint density at radius 3 is 2.83 bits per heavy atom. The first-order chi connectivity index (χ1) is 11.4. The molecule has 2 N–H and O–H groups in total. The first kappa shape index (κ1) is 13.9. The highest BCUT2D eigenvalue weighted by Crippen LogP contribution is 2.29. The van der Waals surface area contributed by atoms with Crippen LogP contribution in [-0.2, 0) is 0 Å². The first-order valence-corrected chi connectivity index (χ1v) is 7.75. The summed E-state index contributed by atoms with van der Waals surface area (Å²) in [5, 5.41) is 11.7. The number of aromatic amines is 1. The van der Waals surface area contributed by atoms with Crippen LogP contribution in [0.2, 0.25) is 0 Å². The molecule has 6 heteroatoms. The van der Waals surface area contributed by atoms with E-state index in [-0.39, 0.29) is 0 Å². The maximum atomic E-state index is 4.88. The fourth-order valence-corrected chi connectivity index (χ4v) is 2.92. The van der Waals surface area contributed by atoms with Gasteiger partial charge in [0.05, 0.1) is 0 Å². The molecule has 3 aromatic rings. The second kappa shape index (κ2) is 5.81. The summed E-state index contributed by atoms with van der Waals surface area (Å²) in [6.45, 7) is 7.79. The summed E-state index contributed by atoms with van der Waals surface area (Å²) in [7, 11) is 0. The third-order valence-electron chi connectivity index (χ3n) is 4.13. The van der Waals surface area contributed by atoms with E-state index in [0.717, 1.165) is 60.0 Å². The minimum atomic E-state index is 0.770. The lowest BCUT2D eigenvalue weighted by Gasteiger charge is -2.28. The van der Waals surface area contributed by atoms with Gasteiger partial charge >= 0.3 is 0 Å². The minimum absolute atomic E-state index is 0.770. The third-order valence-corrected chi connectivity index (χ3v) is 4.13. The fourth-order valence-electron chi connectivity index (χ4n) is 2.92. The van der Waals surface area contributed by atoms with Crippen molar-refractivity contribution in [3.63, 3.8) is 0 Å². The van der Waals surface area contributed by atoms with E-state index >= 15 is 0 Å². The summed E-state index contributed by atoms with van der Waals surface area (Å²) in [6.07, 6.45) is 3.57. The van der Waals surface area contributed by atoms with Crippen LogP contribution in [0.4, 0.5) is 5.82 Å². The van der Waals surface area contributed by atoms with Gasteiger partial charge in [-0.25, -0.2) is 9.97 Å². The van der Waals surface area contributed by atoms with Crippen LogP contribution in [0.3, 0.4) is 0 Å². The molecule has 4 rings (SSSR count). The normalized spacial score (nSPS) is 15.0. The molecule has 1 aliphatic rings. The van der Waals surface area contributed by atoms with E-state index in [0.29, 0.717) is 0 Å². The Morgan fingerprint density at radius 1 is 1.13 bits per heavy atom. The Morgan fingerprint density at radius 2 is 2.00 bits per heavy atom. The Hall–Kier alpha value is -2.73. The molecule has 116 valence electrons. The van der Waals surface area contributed by atoms with Crippen molar-refractivity contribution in [1.82, 2.24) is 25.5 Å². The van der Waals surface area contributed by atoms with Crippen molar-refractivity contribution < 1.29 is 0 Å². The smallest absolute Gasteiger partial charge is 0.155 e. The van der Waals surface area contributed by atoms with E-state index in [4.69, 9.17) is 4.98 Å². The van der Waals surface area contributed by atoms with Gasteiger partial charge < -0.3 is 10.2 Å². The fraction of sp³-hybridized carbons (Fsp3) is 0.235. The zero-order valence-electron chi connectivity index (χ0n) is 12.8. The predicted molar refractivity (Wildman–Crippen MR) is 92.3 cm³/mol. The molecule has 1 fully saturated rings. The molecule has 1 aliphatic heterocycles. The zero-order valence-corrected chi connectivity index (χ0v) is 12.8. The van der Waals surface area contributed by atoms with Crippen LogP contribution in [0.25, 0.3) is 28.5 Å². The number of fused-ring (bicyclic) bond motifs is 1. The largest absolute Gasteiger partial charge is 0.354 e. The van der Waals surface area contributed by atoms with E-state index in [9.17, 15) is 0 Å². The standard InChI is InChI=1S/C17H18N6/c1-2-12-5-6-14(23-10-8-18-9-11-23)20-15(12)16-13-4-3-7-19-17(13)22-21-16/h2-7,18H,1,8-11H2,(H,19,21,22). The van der Waals surface area contributed by atoms with E-state index in [2.05, 4.69) is 44.1 Å². The number of H-pyrrole nitrogens is 1. The second-order valence-electron chi connectivity index (χ2n) is 5.52. The molecule has 4 heterocycles. The number of pyridine rings is 2. The monoisotopic (exact) mass is 306 g/mol. The van der Waals surface area contributed by atoms with Gasteiger partial charge in [-0.2, -0.15) is 5.10 Å². The molecule has 0 amide bonds. The van der Waals surface area contributed by atoms with Crippen LogP contribution in [0, 0.1) is 0 Å². The van der Waals surface area contributed by atoms with E-state index < -0.39 is 0 Å². The van der Waals surface area contributed by atoms with Gasteiger partial charge in [0.15, 0.2) is 5.65 Å². The summed E-state index contributed by atoms with van der Waals surface area (Å²) >= 11 is 0. The van der Waals surface area contributed by atoms with Gasteiger partial charge in [-0.3, -0.25) is 5.10 Å². The second-order valence-corrected chi connectivity index (χ2v) is 5.52. The molecule has 3 aromatic heterocycles. The van der Waals surface area contributed by atoms with E-state index in [1.807, 2.05) is 18.2 Å². The Balaban J connectivity index is 1.84. The summed E-state index contributed by atoms with van der Waals surface area (Å²) < 4.78 is 0. The first-order valence-electron chi connectivity index (χ1n) is 7.75. The Kier molecular flexibility index (Phi) is 3.51. The van der Waals surface area contributed by atoms with Crippen molar-refractivity contribution in [2.24, 2.45) is 0 Å². The van der Waals surface area contributed by atoms with Gasteiger partial charge in [-0.05, 0) is 24.3 Å². The number of rotatable bonds is 3. The Bertz CT molecular complexity index is 847. The number of hydrogen-bond acceptors (Lipinski definition) is 5. The highest BCUT2D eigenvalue weighted by atomic mass is 15.2. The zero-order chi connectivity index (χ0) is 15.6. The molecular weight excluding hydrogens is 288 g/mol. The molecule has 0 atom stereocenters. The number of hydrogen-bond donors (Lipinski definition) is 2. The van der Waals surface area contributed by atoms with Crippen LogP contribution in [0.15, 0.2) is 37.0 Å². The molecule has 0 spiro atoms. The van der Waals surface area contributed by atoms with E-state index in [1.165, 1.54) is 0 Å². The molecule has 0 saturated carbocycles. The predicted octanol–water partition coefficient (Wildman–Crippen LogP) is 2.07. The molecule has 1 saturated heterocycles. The van der Waals surface area contributed by atoms with Crippen molar-refractivity contribution >= 4 is 22.9 Å². The summed E-state index contributed by atoms with van der Waals surface area (Å²) in [6, 6.07) is 8.03. The SMILES string of the molecule is C=Cc1ccc(N2CCNCC2)nc1-c1n[nH]c2ncccc12. The quantitative estimate of drug-likeness (QED) is 0.775. The molecule has 23 heavy (non-hydrogen) atoms. The van der Waals surface area contributed by atoms with Gasteiger partial charge in [0, 0.05) is 43.3 Å². The van der Waals surface area contributed by atoms with Crippen molar-refractivity contribution in [2.75, 3.05) is 31.1 Å². The molecular formula is C17H18N6. The van der Waals surface area contributed by atoms with Crippen LogP contribution in [-0.4, -0.2) is 46.3 Å². The molecule has 0 aliphatic carbocycles. The van der Waals surface area contributed by atoms with Crippen molar-refractivity contribution in [3.8, 4) is 11.4 Å².